The Morgan fingerprint density at radius 3 is 3.07 bits per heavy atom. The fraction of sp³-hybridized carbons (Fsp3) is 0.800. The van der Waals surface area contributed by atoms with Crippen LogP contribution in [0.25, 0.3) is 0 Å². The van der Waals surface area contributed by atoms with E-state index in [9.17, 15) is 4.79 Å². The van der Waals surface area contributed by atoms with E-state index in [0.29, 0.717) is 5.92 Å². The van der Waals surface area contributed by atoms with Gasteiger partial charge in [-0.05, 0) is 18.8 Å². The van der Waals surface area contributed by atoms with Crippen LogP contribution in [0.4, 0.5) is 0 Å². The lowest BCUT2D eigenvalue weighted by atomic mass is 9.53. The first kappa shape index (κ1) is 12.3. The monoisotopic (exact) mass is 203 g/mol. The van der Waals surface area contributed by atoms with Crippen molar-refractivity contribution in [1.82, 2.24) is 5.32 Å². The van der Waals surface area contributed by atoms with E-state index < -0.39 is 0 Å². The highest BCUT2D eigenvalue weighted by atomic mass is 16.2. The quantitative estimate of drug-likeness (QED) is 0.497. The summed E-state index contributed by atoms with van der Waals surface area (Å²) in [7, 11) is 6.91. The lowest BCUT2D eigenvalue weighted by Crippen LogP contribution is -2.36. The Balaban J connectivity index is 2.10. The average Bonchev–Trinajstić information content (AvgIpc) is 2.64. The van der Waals surface area contributed by atoms with Gasteiger partial charge in [-0.25, -0.2) is 0 Å². The lowest BCUT2D eigenvalue weighted by Gasteiger charge is -2.13. The minimum Gasteiger partial charge on any atom is -0.354 e. The van der Waals surface area contributed by atoms with Gasteiger partial charge in [0.2, 0.25) is 5.91 Å². The molecule has 0 spiro atoms. The molecule has 0 aliphatic carbocycles. The first-order chi connectivity index (χ1) is 7.25. The van der Waals surface area contributed by atoms with Gasteiger partial charge in [-0.1, -0.05) is 19.7 Å². The largest absolute Gasteiger partial charge is 0.354 e. The standard InChI is InChI=1S/C10H17B2N2O/c1-8-4-7-13-9(8)10(15)14-6-3-2-5-12-11/h7-9H,2-6H2,1H3,(H,14,15). The molecule has 0 saturated carbocycles. The predicted molar refractivity (Wildman–Crippen MR) is 64.6 cm³/mol. The zero-order valence-electron chi connectivity index (χ0n) is 9.28. The summed E-state index contributed by atoms with van der Waals surface area (Å²) in [5.41, 5.74) is 0. The Bertz CT molecular complexity index is 233. The van der Waals surface area contributed by atoms with E-state index >= 15 is 0 Å². The molecule has 0 saturated heterocycles. The summed E-state index contributed by atoms with van der Waals surface area (Å²) >= 11 is 0. The van der Waals surface area contributed by atoms with Crippen molar-refractivity contribution < 1.29 is 4.79 Å². The van der Waals surface area contributed by atoms with Gasteiger partial charge in [0.05, 0.1) is 7.17 Å². The van der Waals surface area contributed by atoms with Crippen LogP contribution >= 0.6 is 0 Å². The normalized spacial score (nSPS) is 24.1. The fourth-order valence-corrected chi connectivity index (χ4v) is 1.65. The van der Waals surface area contributed by atoms with Crippen molar-refractivity contribution >= 4 is 27.0 Å². The van der Waals surface area contributed by atoms with Crippen LogP contribution < -0.4 is 5.32 Å². The molecule has 15 heavy (non-hydrogen) atoms. The van der Waals surface area contributed by atoms with E-state index in [2.05, 4.69) is 17.2 Å². The Kier molecular flexibility index (Phi) is 5.51. The number of rotatable bonds is 6. The summed E-state index contributed by atoms with van der Waals surface area (Å²) in [6.07, 6.45) is 5.68. The SMILES string of the molecule is [B][B]CCCCNC(=O)C1N=CCC1C. The molecule has 1 N–H and O–H groups in total. The summed E-state index contributed by atoms with van der Waals surface area (Å²) < 4.78 is 0. The van der Waals surface area contributed by atoms with Crippen molar-refractivity contribution in [2.24, 2.45) is 10.9 Å². The van der Waals surface area contributed by atoms with Crippen molar-refractivity contribution in [2.45, 2.75) is 38.5 Å². The van der Waals surface area contributed by atoms with E-state index in [1.807, 2.05) is 6.21 Å². The van der Waals surface area contributed by atoms with Crippen LogP contribution in [-0.4, -0.2) is 39.6 Å². The van der Waals surface area contributed by atoms with Crippen molar-refractivity contribution in [1.29, 1.82) is 0 Å². The molecule has 0 fully saturated rings. The Hall–Kier alpha value is -0.730. The van der Waals surface area contributed by atoms with Gasteiger partial charge in [0, 0.05) is 20.5 Å². The number of aliphatic imine (C=N–C) groups is 1. The maximum Gasteiger partial charge on any atom is 0.245 e. The Morgan fingerprint density at radius 2 is 2.47 bits per heavy atom. The molecule has 3 radical (unpaired) electrons. The van der Waals surface area contributed by atoms with Gasteiger partial charge in [-0.3, -0.25) is 9.79 Å². The summed E-state index contributed by atoms with van der Waals surface area (Å²) in [6, 6.07) is -0.161. The van der Waals surface area contributed by atoms with Gasteiger partial charge >= 0.3 is 0 Å². The minimum atomic E-state index is -0.161. The van der Waals surface area contributed by atoms with Crippen LogP contribution in [0, 0.1) is 5.92 Å². The Labute approximate surface area is 93.7 Å². The molecule has 1 rings (SSSR count). The summed E-state index contributed by atoms with van der Waals surface area (Å²) in [5.74, 6) is 0.412. The third-order valence-electron chi connectivity index (χ3n) is 2.65. The average molecular weight is 203 g/mol. The smallest absolute Gasteiger partial charge is 0.245 e. The van der Waals surface area contributed by atoms with Gasteiger partial charge < -0.3 is 5.32 Å². The number of carbonyl (C=O) groups is 1. The van der Waals surface area contributed by atoms with E-state index in [1.54, 1.807) is 7.17 Å². The Morgan fingerprint density at radius 1 is 1.67 bits per heavy atom. The zero-order chi connectivity index (χ0) is 11.1. The van der Waals surface area contributed by atoms with Crippen LogP contribution in [0.3, 0.4) is 0 Å². The molecule has 2 unspecified atom stereocenters. The molecule has 1 aliphatic heterocycles. The summed E-state index contributed by atoms with van der Waals surface area (Å²) in [4.78, 5) is 15.8. The number of hydrogen-bond donors (Lipinski definition) is 1. The molecule has 2 atom stereocenters. The van der Waals surface area contributed by atoms with Gasteiger partial charge in [-0.2, -0.15) is 0 Å². The van der Waals surface area contributed by atoms with Crippen LogP contribution in [-0.2, 0) is 4.79 Å². The molecule has 1 aliphatic rings. The highest BCUT2D eigenvalue weighted by molar-refractivity contribution is 6.89. The fourth-order valence-electron chi connectivity index (χ4n) is 1.65. The van der Waals surface area contributed by atoms with Crippen LogP contribution in [0.5, 0.6) is 0 Å². The van der Waals surface area contributed by atoms with Crippen LogP contribution in [0.15, 0.2) is 4.99 Å². The first-order valence-corrected chi connectivity index (χ1v) is 5.58. The maximum absolute atomic E-state index is 11.6. The van der Waals surface area contributed by atoms with Gasteiger partial charge in [0.15, 0.2) is 0 Å². The second-order valence-corrected chi connectivity index (χ2v) is 4.01. The number of nitrogens with one attached hydrogen (secondary N) is 1. The molecule has 0 bridgehead atoms. The summed E-state index contributed by atoms with van der Waals surface area (Å²) in [6.45, 7) is 2.78. The first-order valence-electron chi connectivity index (χ1n) is 5.58. The molecule has 1 amide bonds. The summed E-state index contributed by atoms with van der Waals surface area (Å²) in [5, 5.41) is 2.91. The van der Waals surface area contributed by atoms with Gasteiger partial charge in [-0.15, -0.1) is 0 Å². The van der Waals surface area contributed by atoms with Crippen LogP contribution in [0.2, 0.25) is 6.32 Å². The molecule has 3 nitrogen and oxygen atoms in total. The van der Waals surface area contributed by atoms with Crippen molar-refractivity contribution in [2.75, 3.05) is 6.54 Å². The topological polar surface area (TPSA) is 41.5 Å². The number of carbonyl (C=O) groups excluding carboxylic acids is 1. The minimum absolute atomic E-state index is 0.0629. The molecular weight excluding hydrogens is 186 g/mol. The maximum atomic E-state index is 11.6. The molecule has 0 aromatic rings. The second kappa shape index (κ2) is 6.70. The van der Waals surface area contributed by atoms with E-state index in [1.165, 1.54) is 0 Å². The molecule has 0 aromatic carbocycles. The lowest BCUT2D eigenvalue weighted by molar-refractivity contribution is -0.123. The zero-order valence-corrected chi connectivity index (χ0v) is 9.28. The number of amides is 1. The third kappa shape index (κ3) is 4.10. The van der Waals surface area contributed by atoms with Crippen molar-refractivity contribution in [3.8, 4) is 0 Å². The highest BCUT2D eigenvalue weighted by Crippen LogP contribution is 2.16. The third-order valence-corrected chi connectivity index (χ3v) is 2.65. The second-order valence-electron chi connectivity index (χ2n) is 4.01. The van der Waals surface area contributed by atoms with Crippen molar-refractivity contribution in [3.63, 3.8) is 0 Å². The molecule has 1 heterocycles. The number of unbranched alkanes of at least 4 members (excludes halogenated alkanes) is 1. The van der Waals surface area contributed by atoms with E-state index in [0.717, 1.165) is 32.1 Å². The molecule has 79 valence electrons. The molecule has 0 aromatic heterocycles. The number of nitrogens with zero attached hydrogens (tertiary/aromatic N) is 1. The highest BCUT2D eigenvalue weighted by Gasteiger charge is 2.26. The van der Waals surface area contributed by atoms with Crippen molar-refractivity contribution in [3.05, 3.63) is 0 Å². The molecular formula is C10H17B2N2O. The van der Waals surface area contributed by atoms with Crippen LogP contribution in [0.1, 0.15) is 26.2 Å². The van der Waals surface area contributed by atoms with Gasteiger partial charge in [0.1, 0.15) is 6.04 Å². The van der Waals surface area contributed by atoms with Gasteiger partial charge in [0.25, 0.3) is 0 Å². The van der Waals surface area contributed by atoms with E-state index in [-0.39, 0.29) is 11.9 Å². The van der Waals surface area contributed by atoms with E-state index in [4.69, 9.17) is 7.74 Å². The number of hydrogen-bond acceptors (Lipinski definition) is 2. The molecule has 5 heteroatoms. The predicted octanol–water partition coefficient (Wildman–Crippen LogP) is 0.568.